The fourth-order valence-electron chi connectivity index (χ4n) is 3.85. The zero-order valence-corrected chi connectivity index (χ0v) is 15.3. The van der Waals surface area contributed by atoms with Gasteiger partial charge in [-0.1, -0.05) is 12.1 Å². The lowest BCUT2D eigenvalue weighted by Crippen LogP contribution is -2.18. The smallest absolute Gasteiger partial charge is 0.131 e. The average molecular weight is 376 g/mol. The minimum absolute atomic E-state index is 0.0946. The van der Waals surface area contributed by atoms with Gasteiger partial charge in [-0.2, -0.15) is 5.10 Å². The molecule has 0 unspecified atom stereocenters. The quantitative estimate of drug-likeness (QED) is 0.562. The monoisotopic (exact) mass is 376 g/mol. The van der Waals surface area contributed by atoms with Gasteiger partial charge in [0.2, 0.25) is 0 Å². The molecule has 2 aromatic heterocycles. The third-order valence-corrected chi connectivity index (χ3v) is 5.36. The summed E-state index contributed by atoms with van der Waals surface area (Å²) in [6.45, 7) is 3.37. The van der Waals surface area contributed by atoms with E-state index in [0.29, 0.717) is 18.7 Å². The molecular formula is C22H18F2N4. The van der Waals surface area contributed by atoms with Crippen molar-refractivity contribution in [1.82, 2.24) is 20.1 Å². The van der Waals surface area contributed by atoms with Crippen LogP contribution in [0.1, 0.15) is 22.5 Å². The highest BCUT2D eigenvalue weighted by Crippen LogP contribution is 2.30. The van der Waals surface area contributed by atoms with Gasteiger partial charge in [0.25, 0.3) is 0 Å². The number of H-pyrrole nitrogens is 1. The van der Waals surface area contributed by atoms with E-state index in [4.69, 9.17) is 0 Å². The van der Waals surface area contributed by atoms with E-state index >= 15 is 0 Å². The first kappa shape index (κ1) is 17.0. The number of nitrogens with zero attached hydrogens (tertiary/aromatic N) is 3. The molecule has 1 aliphatic heterocycles. The van der Waals surface area contributed by atoms with Crippen LogP contribution in [0.2, 0.25) is 0 Å². The lowest BCUT2D eigenvalue weighted by atomic mass is 10.0. The van der Waals surface area contributed by atoms with Crippen LogP contribution >= 0.6 is 0 Å². The Kier molecular flexibility index (Phi) is 3.94. The summed E-state index contributed by atoms with van der Waals surface area (Å²) in [7, 11) is 0. The summed E-state index contributed by atoms with van der Waals surface area (Å²) in [4.78, 5) is 6.34. The number of pyridine rings is 1. The van der Waals surface area contributed by atoms with E-state index in [9.17, 15) is 8.78 Å². The predicted octanol–water partition coefficient (Wildman–Crippen LogP) is 4.73. The average Bonchev–Trinajstić information content (AvgIpc) is 3.27. The van der Waals surface area contributed by atoms with Crippen LogP contribution in [0.25, 0.3) is 22.0 Å². The van der Waals surface area contributed by atoms with Crippen molar-refractivity contribution in [1.29, 1.82) is 0 Å². The Morgan fingerprint density at radius 1 is 1.04 bits per heavy atom. The van der Waals surface area contributed by atoms with Gasteiger partial charge in [-0.05, 0) is 53.9 Å². The maximum Gasteiger partial charge on any atom is 0.131 e. The Morgan fingerprint density at radius 3 is 2.64 bits per heavy atom. The Bertz CT molecular complexity index is 1150. The lowest BCUT2D eigenvalue weighted by Gasteiger charge is -2.16. The molecule has 2 aromatic carbocycles. The number of fused-ring (bicyclic) bond motifs is 2. The van der Waals surface area contributed by atoms with Gasteiger partial charge in [-0.15, -0.1) is 0 Å². The number of aromatic nitrogens is 3. The van der Waals surface area contributed by atoms with Gasteiger partial charge < -0.3 is 0 Å². The number of benzene rings is 2. The minimum Gasteiger partial charge on any atom is -0.289 e. The zero-order valence-electron chi connectivity index (χ0n) is 15.3. The van der Waals surface area contributed by atoms with E-state index in [0.717, 1.165) is 33.4 Å². The van der Waals surface area contributed by atoms with Crippen LogP contribution in [-0.4, -0.2) is 20.1 Å². The SMILES string of the molecule is Cc1n[nH]c2ccc(-c3cc(F)c(CN4Cc5cccnc5C4)c(F)c3)cc12. The molecule has 0 saturated heterocycles. The van der Waals surface area contributed by atoms with Gasteiger partial charge in [0, 0.05) is 36.8 Å². The third-order valence-electron chi connectivity index (χ3n) is 5.36. The first-order valence-electron chi connectivity index (χ1n) is 9.16. The molecule has 0 amide bonds. The second-order valence-corrected chi connectivity index (χ2v) is 7.24. The summed E-state index contributed by atoms with van der Waals surface area (Å²) in [5, 5.41) is 8.06. The molecule has 0 fully saturated rings. The van der Waals surface area contributed by atoms with Crippen molar-refractivity contribution >= 4 is 10.9 Å². The number of halogens is 2. The van der Waals surface area contributed by atoms with Crippen LogP contribution in [0.15, 0.2) is 48.7 Å². The number of hydrogen-bond acceptors (Lipinski definition) is 3. The summed E-state index contributed by atoms with van der Waals surface area (Å²) >= 11 is 0. The summed E-state index contributed by atoms with van der Waals surface area (Å²) in [6.07, 6.45) is 1.75. The van der Waals surface area contributed by atoms with Gasteiger partial charge >= 0.3 is 0 Å². The second-order valence-electron chi connectivity index (χ2n) is 7.24. The van der Waals surface area contributed by atoms with Crippen LogP contribution in [0.4, 0.5) is 8.78 Å². The minimum atomic E-state index is -0.525. The van der Waals surface area contributed by atoms with Gasteiger partial charge in [0.05, 0.1) is 16.9 Å². The third kappa shape index (κ3) is 2.86. The molecule has 0 bridgehead atoms. The number of aryl methyl sites for hydroxylation is 1. The van der Waals surface area contributed by atoms with Gasteiger partial charge in [-0.3, -0.25) is 15.0 Å². The number of aromatic amines is 1. The van der Waals surface area contributed by atoms with Crippen molar-refractivity contribution in [2.75, 3.05) is 0 Å². The molecule has 28 heavy (non-hydrogen) atoms. The molecule has 0 radical (unpaired) electrons. The molecule has 5 rings (SSSR count). The van der Waals surface area contributed by atoms with Crippen molar-refractivity contribution in [3.05, 3.63) is 82.8 Å². The first-order valence-corrected chi connectivity index (χ1v) is 9.16. The van der Waals surface area contributed by atoms with Crippen molar-refractivity contribution in [2.24, 2.45) is 0 Å². The van der Waals surface area contributed by atoms with Crippen LogP contribution in [0.3, 0.4) is 0 Å². The topological polar surface area (TPSA) is 44.8 Å². The molecule has 1 N–H and O–H groups in total. The van der Waals surface area contributed by atoms with E-state index in [1.807, 2.05) is 42.2 Å². The van der Waals surface area contributed by atoms with Crippen LogP contribution in [0.5, 0.6) is 0 Å². The predicted molar refractivity (Wildman–Crippen MR) is 103 cm³/mol. The van der Waals surface area contributed by atoms with E-state index in [2.05, 4.69) is 15.2 Å². The standard InChI is InChI=1S/C22H18F2N4/c1-13-17-7-14(4-5-21(17)27-26-13)16-8-19(23)18(20(24)9-16)11-28-10-15-3-2-6-25-22(15)12-28/h2-9H,10-12H2,1H3,(H,26,27). The molecule has 4 aromatic rings. The fraction of sp³-hybridized carbons (Fsp3) is 0.182. The molecule has 6 heteroatoms. The molecule has 140 valence electrons. The molecule has 0 aliphatic carbocycles. The number of hydrogen-bond donors (Lipinski definition) is 1. The fourth-order valence-corrected chi connectivity index (χ4v) is 3.85. The highest BCUT2D eigenvalue weighted by Gasteiger charge is 2.22. The van der Waals surface area contributed by atoms with E-state index in [1.54, 1.807) is 6.20 Å². The highest BCUT2D eigenvalue weighted by atomic mass is 19.1. The highest BCUT2D eigenvalue weighted by molar-refractivity contribution is 5.86. The Balaban J connectivity index is 1.44. The summed E-state index contributed by atoms with van der Waals surface area (Å²) in [5.74, 6) is -1.05. The van der Waals surface area contributed by atoms with Crippen molar-refractivity contribution in [3.63, 3.8) is 0 Å². The van der Waals surface area contributed by atoms with E-state index < -0.39 is 11.6 Å². The maximum absolute atomic E-state index is 14.8. The largest absolute Gasteiger partial charge is 0.289 e. The molecule has 0 saturated carbocycles. The molecule has 0 atom stereocenters. The summed E-state index contributed by atoms with van der Waals surface area (Å²) in [6, 6.07) is 12.3. The van der Waals surface area contributed by atoms with Crippen molar-refractivity contribution in [3.8, 4) is 11.1 Å². The Labute approximate surface area is 160 Å². The number of rotatable bonds is 3. The molecule has 4 nitrogen and oxygen atoms in total. The van der Waals surface area contributed by atoms with Crippen molar-refractivity contribution < 1.29 is 8.78 Å². The Morgan fingerprint density at radius 2 is 1.86 bits per heavy atom. The lowest BCUT2D eigenvalue weighted by molar-refractivity contribution is 0.265. The van der Waals surface area contributed by atoms with Crippen LogP contribution in [-0.2, 0) is 19.6 Å². The van der Waals surface area contributed by atoms with Gasteiger partial charge in [0.15, 0.2) is 0 Å². The zero-order chi connectivity index (χ0) is 19.3. The first-order chi connectivity index (χ1) is 13.6. The normalized spacial score (nSPS) is 14.0. The Hall–Kier alpha value is -3.12. The summed E-state index contributed by atoms with van der Waals surface area (Å²) in [5.41, 5.74) is 5.23. The molecule has 3 heterocycles. The summed E-state index contributed by atoms with van der Waals surface area (Å²) < 4.78 is 29.6. The number of nitrogens with one attached hydrogen (secondary N) is 1. The van der Waals surface area contributed by atoms with E-state index in [1.165, 1.54) is 12.1 Å². The molecular weight excluding hydrogens is 358 g/mol. The van der Waals surface area contributed by atoms with Crippen LogP contribution < -0.4 is 0 Å². The van der Waals surface area contributed by atoms with Gasteiger partial charge in [-0.25, -0.2) is 8.78 Å². The van der Waals surface area contributed by atoms with E-state index in [-0.39, 0.29) is 12.1 Å². The second kappa shape index (κ2) is 6.49. The van der Waals surface area contributed by atoms with Gasteiger partial charge in [0.1, 0.15) is 11.6 Å². The molecule has 1 aliphatic rings. The maximum atomic E-state index is 14.8. The van der Waals surface area contributed by atoms with Crippen molar-refractivity contribution in [2.45, 2.75) is 26.6 Å². The van der Waals surface area contributed by atoms with Crippen LogP contribution in [0, 0.1) is 18.6 Å². The molecule has 0 spiro atoms.